The molecular weight excluding hydrogens is 344 g/mol. The van der Waals surface area contributed by atoms with Gasteiger partial charge in [-0.3, -0.25) is 9.59 Å². The summed E-state index contributed by atoms with van der Waals surface area (Å²) in [5.74, 6) is -1.40. The first-order valence-electron chi connectivity index (χ1n) is 6.41. The van der Waals surface area contributed by atoms with Crippen molar-refractivity contribution in [3.05, 3.63) is 22.6 Å². The molecule has 0 aliphatic heterocycles. The summed E-state index contributed by atoms with van der Waals surface area (Å²) in [6, 6.07) is 3.23. The Labute approximate surface area is 129 Å². The average Bonchev–Trinajstić information content (AvgIpc) is 3.13. The molecule has 1 N–H and O–H groups in total. The molecule has 0 aromatic carbocycles. The quantitative estimate of drug-likeness (QED) is 0.764. The molecule has 1 aromatic heterocycles. The third kappa shape index (κ3) is 4.89. The van der Waals surface area contributed by atoms with Gasteiger partial charge in [-0.05, 0) is 40.9 Å². The van der Waals surface area contributed by atoms with Crippen LogP contribution in [0.2, 0.25) is 0 Å². The fourth-order valence-corrected chi connectivity index (χ4v) is 1.84. The highest BCUT2D eigenvalue weighted by Crippen LogP contribution is 2.18. The molecule has 1 saturated carbocycles. The van der Waals surface area contributed by atoms with E-state index in [1.807, 2.05) is 0 Å². The molecule has 8 heteroatoms. The van der Waals surface area contributed by atoms with Crippen LogP contribution in [0.25, 0.3) is 0 Å². The minimum absolute atomic E-state index is 0.00352. The van der Waals surface area contributed by atoms with Crippen LogP contribution in [0.15, 0.2) is 21.2 Å². The van der Waals surface area contributed by atoms with Crippen LogP contribution in [0.5, 0.6) is 0 Å². The van der Waals surface area contributed by atoms with Crippen molar-refractivity contribution in [3.63, 3.8) is 0 Å². The molecule has 1 heterocycles. The Hall–Kier alpha value is -1.83. The van der Waals surface area contributed by atoms with Gasteiger partial charge in [0.1, 0.15) is 0 Å². The molecule has 0 saturated heterocycles. The summed E-state index contributed by atoms with van der Waals surface area (Å²) < 4.78 is 10.2. The Kier molecular flexibility index (Phi) is 5.00. The van der Waals surface area contributed by atoms with Crippen LogP contribution in [-0.4, -0.2) is 48.9 Å². The number of hydrogen-bond donors (Lipinski definition) is 1. The lowest BCUT2D eigenvalue weighted by molar-refractivity contribution is -0.137. The predicted molar refractivity (Wildman–Crippen MR) is 75.5 cm³/mol. The number of hydrogen-bond acceptors (Lipinski definition) is 5. The maximum Gasteiger partial charge on any atom is 0.374 e. The van der Waals surface area contributed by atoms with Gasteiger partial charge in [0, 0.05) is 13.1 Å². The van der Waals surface area contributed by atoms with Gasteiger partial charge in [-0.15, -0.1) is 0 Å². The molecule has 2 amide bonds. The summed E-state index contributed by atoms with van der Waals surface area (Å²) in [6.45, 7) is -0.496. The van der Waals surface area contributed by atoms with Gasteiger partial charge in [-0.2, -0.15) is 0 Å². The standard InChI is InChI=1S/C13H15BrN2O5/c1-16(6-11(17)15-8-2-3-8)12(18)7-20-13(19)9-4-5-10(14)21-9/h4-5,8H,2-3,6-7H2,1H3,(H,15,17). The van der Waals surface area contributed by atoms with E-state index in [1.165, 1.54) is 18.0 Å². The van der Waals surface area contributed by atoms with Crippen LogP contribution in [0.3, 0.4) is 0 Å². The fraction of sp³-hybridized carbons (Fsp3) is 0.462. The van der Waals surface area contributed by atoms with E-state index in [9.17, 15) is 14.4 Å². The molecule has 1 aliphatic rings. The molecule has 0 spiro atoms. The number of nitrogens with one attached hydrogen (secondary N) is 1. The highest BCUT2D eigenvalue weighted by Gasteiger charge is 2.24. The molecular formula is C13H15BrN2O5. The van der Waals surface area contributed by atoms with Crippen LogP contribution in [0.1, 0.15) is 23.4 Å². The zero-order valence-electron chi connectivity index (χ0n) is 11.4. The minimum atomic E-state index is -0.732. The van der Waals surface area contributed by atoms with Gasteiger partial charge in [-0.1, -0.05) is 0 Å². The largest absolute Gasteiger partial charge is 0.450 e. The van der Waals surface area contributed by atoms with E-state index in [-0.39, 0.29) is 24.3 Å². The van der Waals surface area contributed by atoms with Gasteiger partial charge in [0.25, 0.3) is 5.91 Å². The Morgan fingerprint density at radius 1 is 1.43 bits per heavy atom. The van der Waals surface area contributed by atoms with Crippen LogP contribution in [-0.2, 0) is 14.3 Å². The number of nitrogens with zero attached hydrogens (tertiary/aromatic N) is 1. The summed E-state index contributed by atoms with van der Waals surface area (Å²) in [6.07, 6.45) is 1.97. The number of likely N-dealkylation sites (N-methyl/N-ethyl adjacent to an activating group) is 1. The zero-order valence-corrected chi connectivity index (χ0v) is 13.0. The highest BCUT2D eigenvalue weighted by molar-refractivity contribution is 9.10. The fourth-order valence-electron chi connectivity index (χ4n) is 1.54. The number of rotatable bonds is 6. The van der Waals surface area contributed by atoms with E-state index in [0.717, 1.165) is 12.8 Å². The summed E-state index contributed by atoms with van der Waals surface area (Å²) >= 11 is 3.06. The summed E-state index contributed by atoms with van der Waals surface area (Å²) in [7, 11) is 1.48. The Bertz CT molecular complexity index is 553. The van der Waals surface area contributed by atoms with Crippen molar-refractivity contribution in [1.82, 2.24) is 10.2 Å². The van der Waals surface area contributed by atoms with E-state index < -0.39 is 18.5 Å². The van der Waals surface area contributed by atoms with Crippen LogP contribution < -0.4 is 5.32 Å². The Balaban J connectivity index is 1.72. The normalized spacial score (nSPS) is 13.6. The minimum Gasteiger partial charge on any atom is -0.450 e. The van der Waals surface area contributed by atoms with Crippen molar-refractivity contribution in [1.29, 1.82) is 0 Å². The van der Waals surface area contributed by atoms with E-state index in [0.29, 0.717) is 4.67 Å². The van der Waals surface area contributed by atoms with E-state index >= 15 is 0 Å². The number of carbonyl (C=O) groups is 3. The van der Waals surface area contributed by atoms with Gasteiger partial charge >= 0.3 is 5.97 Å². The first-order valence-corrected chi connectivity index (χ1v) is 7.21. The van der Waals surface area contributed by atoms with Gasteiger partial charge in [0.2, 0.25) is 11.7 Å². The van der Waals surface area contributed by atoms with Crippen LogP contribution in [0.4, 0.5) is 0 Å². The van der Waals surface area contributed by atoms with Crippen LogP contribution >= 0.6 is 15.9 Å². The number of ether oxygens (including phenoxy) is 1. The van der Waals surface area contributed by atoms with Crippen molar-refractivity contribution in [2.24, 2.45) is 0 Å². The second-order valence-corrected chi connectivity index (χ2v) is 5.55. The molecule has 1 aliphatic carbocycles. The van der Waals surface area contributed by atoms with Gasteiger partial charge in [-0.25, -0.2) is 4.79 Å². The third-order valence-electron chi connectivity index (χ3n) is 2.85. The van der Waals surface area contributed by atoms with Crippen molar-refractivity contribution in [3.8, 4) is 0 Å². The number of amides is 2. The Morgan fingerprint density at radius 2 is 2.14 bits per heavy atom. The zero-order chi connectivity index (χ0) is 15.4. The summed E-state index contributed by atoms with van der Waals surface area (Å²) in [4.78, 5) is 36.1. The average molecular weight is 359 g/mol. The molecule has 1 aromatic rings. The van der Waals surface area contributed by atoms with E-state index in [2.05, 4.69) is 21.2 Å². The van der Waals surface area contributed by atoms with Gasteiger partial charge in [0.15, 0.2) is 11.3 Å². The first-order chi connectivity index (χ1) is 9.95. The SMILES string of the molecule is CN(CC(=O)NC1CC1)C(=O)COC(=O)c1ccc(Br)o1. The summed E-state index contributed by atoms with van der Waals surface area (Å²) in [5, 5.41) is 2.77. The Morgan fingerprint density at radius 3 is 2.71 bits per heavy atom. The van der Waals surface area contributed by atoms with Gasteiger partial charge < -0.3 is 19.4 Å². The predicted octanol–water partition coefficient (Wildman–Crippen LogP) is 0.936. The molecule has 1 fully saturated rings. The van der Waals surface area contributed by atoms with Crippen molar-refractivity contribution >= 4 is 33.7 Å². The molecule has 114 valence electrons. The van der Waals surface area contributed by atoms with Crippen molar-refractivity contribution < 1.29 is 23.5 Å². The number of furan rings is 1. The molecule has 0 atom stereocenters. The van der Waals surface area contributed by atoms with Crippen LogP contribution in [0, 0.1) is 0 Å². The maximum atomic E-state index is 11.7. The van der Waals surface area contributed by atoms with E-state index in [4.69, 9.17) is 9.15 Å². The monoisotopic (exact) mass is 358 g/mol. The third-order valence-corrected chi connectivity index (χ3v) is 3.28. The van der Waals surface area contributed by atoms with Crippen molar-refractivity contribution in [2.75, 3.05) is 20.2 Å². The summed E-state index contributed by atoms with van der Waals surface area (Å²) in [5.41, 5.74) is 0. The lowest BCUT2D eigenvalue weighted by Crippen LogP contribution is -2.40. The number of esters is 1. The molecule has 21 heavy (non-hydrogen) atoms. The van der Waals surface area contributed by atoms with Crippen molar-refractivity contribution in [2.45, 2.75) is 18.9 Å². The lowest BCUT2D eigenvalue weighted by Gasteiger charge is -2.16. The second-order valence-electron chi connectivity index (χ2n) is 4.77. The topological polar surface area (TPSA) is 88.9 Å². The molecule has 7 nitrogen and oxygen atoms in total. The molecule has 2 rings (SSSR count). The lowest BCUT2D eigenvalue weighted by atomic mass is 10.4. The second kappa shape index (κ2) is 6.75. The van der Waals surface area contributed by atoms with E-state index in [1.54, 1.807) is 6.07 Å². The number of halogens is 1. The highest BCUT2D eigenvalue weighted by atomic mass is 79.9. The molecule has 0 bridgehead atoms. The maximum absolute atomic E-state index is 11.7. The van der Waals surface area contributed by atoms with Gasteiger partial charge in [0.05, 0.1) is 6.54 Å². The first kappa shape index (κ1) is 15.6. The molecule has 0 unspecified atom stereocenters. The molecule has 0 radical (unpaired) electrons. The number of carbonyl (C=O) groups excluding carboxylic acids is 3. The smallest absolute Gasteiger partial charge is 0.374 e.